The van der Waals surface area contributed by atoms with Crippen LogP contribution < -0.4 is 5.43 Å². The first-order valence-electron chi connectivity index (χ1n) is 12.3. The molecule has 4 aliphatic rings. The van der Waals surface area contributed by atoms with Gasteiger partial charge in [0, 0.05) is 12.0 Å². The summed E-state index contributed by atoms with van der Waals surface area (Å²) in [5.41, 5.74) is 7.06. The minimum absolute atomic E-state index is 0.185. The van der Waals surface area contributed by atoms with Gasteiger partial charge < -0.3 is 0 Å². The Morgan fingerprint density at radius 3 is 2.24 bits per heavy atom. The van der Waals surface area contributed by atoms with Crippen LogP contribution in [0.15, 0.2) is 34.4 Å². The molecule has 0 aromatic heterocycles. The molecular formula is C26H34N4O4. The number of hydrogen-bond acceptors (Lipinski definition) is 6. The zero-order valence-corrected chi connectivity index (χ0v) is 20.8. The van der Waals surface area contributed by atoms with Gasteiger partial charge in [0.15, 0.2) is 0 Å². The minimum Gasteiger partial charge on any atom is -0.271 e. The van der Waals surface area contributed by atoms with Gasteiger partial charge in [0.1, 0.15) is 5.69 Å². The van der Waals surface area contributed by atoms with E-state index in [9.17, 15) is 20.2 Å². The first kappa shape index (κ1) is 23.0. The lowest BCUT2D eigenvalue weighted by molar-refractivity contribution is -0.393. The number of anilines is 1. The van der Waals surface area contributed by atoms with Gasteiger partial charge in [-0.3, -0.25) is 25.7 Å². The van der Waals surface area contributed by atoms with E-state index in [0.29, 0.717) is 40.9 Å². The van der Waals surface area contributed by atoms with Crippen molar-refractivity contribution in [3.05, 3.63) is 49.6 Å². The Bertz CT molecular complexity index is 1150. The second kappa shape index (κ2) is 7.36. The molecule has 0 spiro atoms. The standard InChI is InChI=1S/C26H34N4O4/c1-13-17-9-15(25(13,3)4)10-19(17)23-20-12-18(14(2)26(20,5)6)24(23)28-27-21-8-7-16(29(31)32)11-22(21)30(33)34/h7-8,11,13-15,17-18,20,27H,9-10,12H2,1-6H3/b23-19-,28-24+. The largest absolute Gasteiger partial charge is 0.301 e. The van der Waals surface area contributed by atoms with Crippen LogP contribution in [0.25, 0.3) is 0 Å². The topological polar surface area (TPSA) is 111 Å². The quantitative estimate of drug-likeness (QED) is 0.398. The molecule has 0 heterocycles. The number of nitrogens with one attached hydrogen (secondary N) is 1. The normalized spacial score (nSPS) is 38.0. The molecule has 1 N–H and O–H groups in total. The van der Waals surface area contributed by atoms with Gasteiger partial charge in [0.05, 0.1) is 21.6 Å². The molecule has 0 radical (unpaired) electrons. The number of non-ortho nitro benzene ring substituents is 1. The van der Waals surface area contributed by atoms with Crippen molar-refractivity contribution in [1.82, 2.24) is 0 Å². The maximum atomic E-state index is 11.6. The van der Waals surface area contributed by atoms with Gasteiger partial charge in [-0.05, 0) is 71.3 Å². The highest BCUT2D eigenvalue weighted by atomic mass is 16.6. The van der Waals surface area contributed by atoms with E-state index in [1.165, 1.54) is 24.1 Å². The summed E-state index contributed by atoms with van der Waals surface area (Å²) in [6, 6.07) is 3.66. The van der Waals surface area contributed by atoms with Gasteiger partial charge in [-0.15, -0.1) is 0 Å². The molecule has 0 aliphatic heterocycles. The van der Waals surface area contributed by atoms with Crippen molar-refractivity contribution < 1.29 is 9.85 Å². The van der Waals surface area contributed by atoms with Gasteiger partial charge in [-0.1, -0.05) is 47.1 Å². The van der Waals surface area contributed by atoms with Crippen LogP contribution in [0, 0.1) is 66.6 Å². The summed E-state index contributed by atoms with van der Waals surface area (Å²) < 4.78 is 0. The summed E-state index contributed by atoms with van der Waals surface area (Å²) in [6.07, 6.45) is 3.45. The van der Waals surface area contributed by atoms with Crippen LogP contribution in [-0.4, -0.2) is 15.6 Å². The number of nitrogens with zero attached hydrogens (tertiary/aromatic N) is 3. The number of fused-ring (bicyclic) bond motifs is 4. The highest BCUT2D eigenvalue weighted by molar-refractivity contribution is 6.07. The first-order valence-corrected chi connectivity index (χ1v) is 12.3. The second-order valence-electron chi connectivity index (χ2n) is 12.1. The zero-order chi connectivity index (χ0) is 24.7. The Morgan fingerprint density at radius 1 is 0.971 bits per heavy atom. The number of hydrazone groups is 1. The van der Waals surface area contributed by atoms with Crippen LogP contribution in [0.2, 0.25) is 0 Å². The number of rotatable bonds is 4. The van der Waals surface area contributed by atoms with Gasteiger partial charge in [-0.2, -0.15) is 5.10 Å². The highest BCUT2D eigenvalue weighted by Crippen LogP contribution is 2.67. The molecule has 1 aromatic rings. The summed E-state index contributed by atoms with van der Waals surface area (Å²) in [4.78, 5) is 21.5. The van der Waals surface area contributed by atoms with Crippen molar-refractivity contribution in [1.29, 1.82) is 0 Å². The van der Waals surface area contributed by atoms with Crippen molar-refractivity contribution in [3.8, 4) is 0 Å². The van der Waals surface area contributed by atoms with Crippen molar-refractivity contribution in [2.75, 3.05) is 5.43 Å². The maximum Gasteiger partial charge on any atom is 0.301 e. The second-order valence-corrected chi connectivity index (χ2v) is 12.1. The number of hydrogen-bond donors (Lipinski definition) is 1. The Morgan fingerprint density at radius 2 is 1.65 bits per heavy atom. The molecule has 8 heteroatoms. The summed E-state index contributed by atoms with van der Waals surface area (Å²) >= 11 is 0. The Hall–Kier alpha value is -2.77. The van der Waals surface area contributed by atoms with E-state index in [4.69, 9.17) is 5.10 Å². The smallest absolute Gasteiger partial charge is 0.271 e. The van der Waals surface area contributed by atoms with Gasteiger partial charge in [0.25, 0.3) is 5.69 Å². The predicted octanol–water partition coefficient (Wildman–Crippen LogP) is 6.58. The number of nitro benzene ring substituents is 2. The van der Waals surface area contributed by atoms with Crippen molar-refractivity contribution in [2.24, 2.45) is 51.4 Å². The molecule has 4 saturated carbocycles. The average Bonchev–Trinajstić information content (AvgIpc) is 3.47. The summed E-state index contributed by atoms with van der Waals surface area (Å²) in [5.74, 6) is 3.12. The molecule has 8 nitrogen and oxygen atoms in total. The molecule has 4 fully saturated rings. The van der Waals surface area contributed by atoms with Crippen LogP contribution in [0.1, 0.15) is 60.8 Å². The molecule has 34 heavy (non-hydrogen) atoms. The fourth-order valence-corrected chi connectivity index (χ4v) is 7.57. The Kier molecular flexibility index (Phi) is 4.98. The SMILES string of the molecule is CC1C2CC(C/C2=C2/C(=N/Nc3ccc([N+](=O)[O-])cc3[N+](=O)[O-])C3CC2C(C)(C)C3C)C1(C)C. The predicted molar refractivity (Wildman–Crippen MR) is 132 cm³/mol. The van der Waals surface area contributed by atoms with Crippen molar-refractivity contribution in [3.63, 3.8) is 0 Å². The van der Waals surface area contributed by atoms with Crippen LogP contribution in [-0.2, 0) is 0 Å². The molecule has 0 saturated heterocycles. The highest BCUT2D eigenvalue weighted by Gasteiger charge is 2.60. The van der Waals surface area contributed by atoms with E-state index in [1.54, 1.807) is 5.57 Å². The fourth-order valence-electron chi connectivity index (χ4n) is 7.57. The van der Waals surface area contributed by atoms with E-state index in [-0.39, 0.29) is 22.5 Å². The molecule has 4 bridgehead atoms. The van der Waals surface area contributed by atoms with Crippen LogP contribution in [0.3, 0.4) is 0 Å². The van der Waals surface area contributed by atoms with Gasteiger partial charge in [0.2, 0.25) is 0 Å². The number of nitro groups is 2. The van der Waals surface area contributed by atoms with E-state index < -0.39 is 9.85 Å². The third kappa shape index (κ3) is 3.06. The van der Waals surface area contributed by atoms with E-state index >= 15 is 0 Å². The summed E-state index contributed by atoms with van der Waals surface area (Å²) in [6.45, 7) is 14.2. The zero-order valence-electron chi connectivity index (χ0n) is 20.8. The molecule has 5 rings (SSSR count). The van der Waals surface area contributed by atoms with Crippen molar-refractivity contribution in [2.45, 2.75) is 60.8 Å². The molecular weight excluding hydrogens is 432 g/mol. The van der Waals surface area contributed by atoms with E-state index in [0.717, 1.165) is 24.6 Å². The average molecular weight is 467 g/mol. The van der Waals surface area contributed by atoms with E-state index in [2.05, 4.69) is 47.0 Å². The summed E-state index contributed by atoms with van der Waals surface area (Å²) in [5, 5.41) is 27.5. The number of allylic oxidation sites excluding steroid dienone is 2. The fraction of sp³-hybridized carbons (Fsp3) is 0.654. The number of benzene rings is 1. The molecule has 0 amide bonds. The lowest BCUT2D eigenvalue weighted by Crippen LogP contribution is -2.38. The third-order valence-electron chi connectivity index (χ3n) is 10.5. The molecule has 6 unspecified atom stereocenters. The summed E-state index contributed by atoms with van der Waals surface area (Å²) in [7, 11) is 0. The van der Waals surface area contributed by atoms with Gasteiger partial charge >= 0.3 is 5.69 Å². The third-order valence-corrected chi connectivity index (χ3v) is 10.5. The molecule has 6 atom stereocenters. The Balaban J connectivity index is 1.56. The van der Waals surface area contributed by atoms with Crippen LogP contribution in [0.5, 0.6) is 0 Å². The first-order chi connectivity index (χ1) is 15.9. The van der Waals surface area contributed by atoms with Crippen LogP contribution >= 0.6 is 0 Å². The minimum atomic E-state index is -0.622. The lowest BCUT2D eigenvalue weighted by atomic mass is 9.62. The van der Waals surface area contributed by atoms with Crippen LogP contribution in [0.4, 0.5) is 17.1 Å². The van der Waals surface area contributed by atoms with E-state index in [1.807, 2.05) is 0 Å². The molecule has 182 valence electrons. The van der Waals surface area contributed by atoms with Crippen molar-refractivity contribution >= 4 is 22.8 Å². The van der Waals surface area contributed by atoms with Gasteiger partial charge in [-0.25, -0.2) is 0 Å². The lowest BCUT2D eigenvalue weighted by Gasteiger charge is -2.42. The molecule has 1 aromatic carbocycles. The molecule has 4 aliphatic carbocycles. The maximum absolute atomic E-state index is 11.6. The monoisotopic (exact) mass is 466 g/mol. The Labute approximate surface area is 200 Å².